The lowest BCUT2D eigenvalue weighted by Crippen LogP contribution is -2.53. The number of fused-ring (bicyclic) bond motifs is 3. The molecule has 7 atom stereocenters. The van der Waals surface area contributed by atoms with Crippen molar-refractivity contribution >= 4 is 35.5 Å². The maximum Gasteiger partial charge on any atom is 0.333 e. The predicted octanol–water partition coefficient (Wildman–Crippen LogP) is -2.03. The van der Waals surface area contributed by atoms with E-state index in [2.05, 4.69) is 10.6 Å². The molecule has 4 aliphatic rings. The summed E-state index contributed by atoms with van der Waals surface area (Å²) in [6.45, 7) is 0.991. The molecule has 2 bridgehead atoms. The number of unbranched alkanes of at least 4 members (excludes halogenated alkanes) is 1. The van der Waals surface area contributed by atoms with Gasteiger partial charge in [0.25, 0.3) is 11.8 Å². The molecule has 0 aromatic rings. The van der Waals surface area contributed by atoms with Crippen LogP contribution in [-0.4, -0.2) is 138 Å². The molecule has 0 aliphatic carbocycles. The molecule has 4 heterocycles. The number of amides is 5. The van der Waals surface area contributed by atoms with E-state index in [4.69, 9.17) is 28.5 Å². The quantitative estimate of drug-likeness (QED) is 0.176. The molecule has 264 valence electrons. The van der Waals surface area contributed by atoms with E-state index in [1.165, 1.54) is 0 Å². The topological polar surface area (TPSA) is 229 Å². The highest BCUT2D eigenvalue weighted by Gasteiger charge is 2.41. The van der Waals surface area contributed by atoms with E-state index >= 15 is 0 Å². The minimum absolute atomic E-state index is 0.0127. The van der Waals surface area contributed by atoms with Crippen molar-refractivity contribution in [3.8, 4) is 0 Å². The second-order valence-electron chi connectivity index (χ2n) is 11.7. The van der Waals surface area contributed by atoms with Crippen LogP contribution in [0.4, 0.5) is 0 Å². The van der Waals surface area contributed by atoms with Crippen LogP contribution >= 0.6 is 0 Å². The van der Waals surface area contributed by atoms with Crippen LogP contribution < -0.4 is 10.6 Å². The van der Waals surface area contributed by atoms with Crippen molar-refractivity contribution < 1.29 is 67.5 Å². The summed E-state index contributed by atoms with van der Waals surface area (Å²) in [5, 5.41) is 26.5. The van der Waals surface area contributed by atoms with Crippen molar-refractivity contribution in [1.82, 2.24) is 20.6 Å². The highest BCUT2D eigenvalue weighted by molar-refractivity contribution is 6.01. The van der Waals surface area contributed by atoms with Gasteiger partial charge in [-0.15, -0.1) is 5.06 Å². The molecule has 18 nitrogen and oxygen atoms in total. The molecule has 4 N–H and O–H groups in total. The predicted molar refractivity (Wildman–Crippen MR) is 154 cm³/mol. The Bertz CT molecular complexity index is 1120. The van der Waals surface area contributed by atoms with Crippen molar-refractivity contribution in [2.75, 3.05) is 39.4 Å². The number of hydroxylamine groups is 2. The van der Waals surface area contributed by atoms with Crippen LogP contribution in [0.3, 0.4) is 0 Å². The van der Waals surface area contributed by atoms with Crippen molar-refractivity contribution in [1.29, 1.82) is 0 Å². The molecule has 0 radical (unpaired) electrons. The summed E-state index contributed by atoms with van der Waals surface area (Å²) in [6, 6.07) is 0. The molecular weight excluding hydrogens is 628 g/mol. The fourth-order valence-corrected chi connectivity index (χ4v) is 5.35. The van der Waals surface area contributed by atoms with Crippen LogP contribution in [0.5, 0.6) is 0 Å². The largest absolute Gasteiger partial charge is 0.390 e. The zero-order valence-corrected chi connectivity index (χ0v) is 26.3. The summed E-state index contributed by atoms with van der Waals surface area (Å²) in [4.78, 5) is 79.6. The Morgan fingerprint density at radius 2 is 1.47 bits per heavy atom. The second kappa shape index (κ2) is 17.8. The van der Waals surface area contributed by atoms with Gasteiger partial charge in [-0.05, 0) is 32.6 Å². The number of aliphatic hydroxyl groups excluding tert-OH is 2. The summed E-state index contributed by atoms with van der Waals surface area (Å²) in [7, 11) is 0. The van der Waals surface area contributed by atoms with E-state index in [9.17, 15) is 39.0 Å². The van der Waals surface area contributed by atoms with Crippen molar-refractivity contribution in [2.24, 2.45) is 0 Å². The minimum atomic E-state index is -1.36. The lowest BCUT2D eigenvalue weighted by atomic mass is 10.1. The van der Waals surface area contributed by atoms with Crippen LogP contribution in [0.15, 0.2) is 0 Å². The Labute approximate surface area is 271 Å². The van der Waals surface area contributed by atoms with Crippen LogP contribution in [0.1, 0.15) is 64.7 Å². The van der Waals surface area contributed by atoms with Crippen molar-refractivity contribution in [3.05, 3.63) is 0 Å². The van der Waals surface area contributed by atoms with Gasteiger partial charge in [0.05, 0.1) is 25.4 Å². The van der Waals surface area contributed by atoms with E-state index in [0.717, 1.165) is 4.90 Å². The molecule has 47 heavy (non-hydrogen) atoms. The molecule has 5 amide bonds. The van der Waals surface area contributed by atoms with Gasteiger partial charge in [-0.2, -0.15) is 0 Å². The summed E-state index contributed by atoms with van der Waals surface area (Å²) in [5.74, 6) is -3.61. The van der Waals surface area contributed by atoms with E-state index in [1.54, 1.807) is 0 Å². The van der Waals surface area contributed by atoms with Gasteiger partial charge in [-0.25, -0.2) is 4.79 Å². The van der Waals surface area contributed by atoms with Gasteiger partial charge in [0, 0.05) is 45.2 Å². The number of hydrogen-bond donors (Lipinski definition) is 4. The van der Waals surface area contributed by atoms with Crippen LogP contribution in [-0.2, 0) is 57.3 Å². The van der Waals surface area contributed by atoms with Gasteiger partial charge in [-0.3, -0.25) is 24.0 Å². The monoisotopic (exact) mass is 672 g/mol. The van der Waals surface area contributed by atoms with E-state index in [1.807, 2.05) is 6.92 Å². The zero-order valence-electron chi connectivity index (χ0n) is 26.3. The summed E-state index contributed by atoms with van der Waals surface area (Å²) in [6.07, 6.45) is -4.82. The lowest BCUT2D eigenvalue weighted by molar-refractivity contribution is -0.348. The van der Waals surface area contributed by atoms with Crippen molar-refractivity contribution in [3.63, 3.8) is 0 Å². The lowest BCUT2D eigenvalue weighted by Gasteiger charge is -2.41. The molecule has 0 aromatic heterocycles. The smallest absolute Gasteiger partial charge is 0.333 e. The maximum absolute atomic E-state index is 13.0. The third kappa shape index (κ3) is 11.2. The molecule has 4 rings (SSSR count). The molecule has 4 aliphatic heterocycles. The number of aliphatic hydroxyl groups is 2. The van der Waals surface area contributed by atoms with Gasteiger partial charge in [0.15, 0.2) is 18.9 Å². The van der Waals surface area contributed by atoms with E-state index < -0.39 is 85.8 Å². The summed E-state index contributed by atoms with van der Waals surface area (Å²) < 4.78 is 29.2. The van der Waals surface area contributed by atoms with Gasteiger partial charge >= 0.3 is 5.97 Å². The number of ether oxygens (including phenoxy) is 5. The third-order valence-corrected chi connectivity index (χ3v) is 7.90. The SMILES string of the molecule is C[C@H]1CC[C@@H]2O[C@H]3C[C@@H](O)[C@H](O)[C@H](OCCNC(=O)CN(C(=O)CCCCC(=O)ON4C(=O)CCC4=O)CC(=O)NCCO[C@@H]2O1)O3. The first-order chi connectivity index (χ1) is 22.5. The summed E-state index contributed by atoms with van der Waals surface area (Å²) >= 11 is 0. The van der Waals surface area contributed by atoms with E-state index in [0.29, 0.717) is 17.9 Å². The van der Waals surface area contributed by atoms with E-state index in [-0.39, 0.29) is 77.4 Å². The molecule has 18 heteroatoms. The maximum atomic E-state index is 13.0. The van der Waals surface area contributed by atoms with Gasteiger partial charge < -0.3 is 54.3 Å². The highest BCUT2D eigenvalue weighted by Crippen LogP contribution is 2.29. The van der Waals surface area contributed by atoms with Gasteiger partial charge in [-0.1, -0.05) is 0 Å². The van der Waals surface area contributed by atoms with Crippen molar-refractivity contribution in [2.45, 2.75) is 108 Å². The fourth-order valence-electron chi connectivity index (χ4n) is 5.35. The first-order valence-electron chi connectivity index (χ1n) is 15.9. The Kier molecular flexibility index (Phi) is 13.8. The minimum Gasteiger partial charge on any atom is -0.390 e. The Morgan fingerprint density at radius 1 is 0.851 bits per heavy atom. The Morgan fingerprint density at radius 3 is 2.13 bits per heavy atom. The van der Waals surface area contributed by atoms with Crippen LogP contribution in [0, 0.1) is 0 Å². The molecule has 4 saturated heterocycles. The molecule has 0 unspecified atom stereocenters. The van der Waals surface area contributed by atoms with Gasteiger partial charge in [0.2, 0.25) is 17.7 Å². The number of carbonyl (C=O) groups excluding carboxylic acids is 6. The Balaban J connectivity index is 1.32. The third-order valence-electron chi connectivity index (χ3n) is 7.90. The first-order valence-corrected chi connectivity index (χ1v) is 15.9. The molecule has 0 saturated carbocycles. The average Bonchev–Trinajstić information content (AvgIpc) is 3.34. The number of imide groups is 1. The average molecular weight is 673 g/mol. The van der Waals surface area contributed by atoms with Gasteiger partial charge in [0.1, 0.15) is 25.3 Å². The number of nitrogens with one attached hydrogen (secondary N) is 2. The number of carbonyl (C=O) groups is 6. The number of hydrogen-bond acceptors (Lipinski definition) is 14. The molecule has 0 spiro atoms. The first kappa shape index (κ1) is 36.6. The molecule has 4 fully saturated rings. The standard InChI is InChI=1S/C29H44N4O14/c1-17-6-7-19-28(44-17)42-12-10-30-20(35)15-32(22(37)4-2-3-5-25(40)47-33-23(38)8-9-24(33)39)16-21(36)31-11-13-43-29-27(41)18(34)14-26(45-19)46-29/h17-19,26-29,34,41H,2-16H2,1H3,(H,30,35)(H,31,36)/t17-,18+,19-,26+,27-,28+,29+/m0/s1. The fraction of sp³-hybridized carbons (Fsp3) is 0.793. The highest BCUT2D eigenvalue weighted by atomic mass is 16.8. The normalized spacial score (nSPS) is 31.9. The molecule has 0 aromatic carbocycles. The second-order valence-corrected chi connectivity index (χ2v) is 11.7. The summed E-state index contributed by atoms with van der Waals surface area (Å²) in [5.41, 5.74) is 0. The zero-order chi connectivity index (χ0) is 33.9. The number of nitrogens with zero attached hydrogens (tertiary/aromatic N) is 2. The molecular formula is C29H44N4O14. The van der Waals surface area contributed by atoms with Crippen LogP contribution in [0.2, 0.25) is 0 Å². The number of rotatable bonds is 6. The van der Waals surface area contributed by atoms with Crippen LogP contribution in [0.25, 0.3) is 0 Å². The Hall–Kier alpha value is -3.26.